The predicted molar refractivity (Wildman–Crippen MR) is 84.5 cm³/mol. The summed E-state index contributed by atoms with van der Waals surface area (Å²) in [5.41, 5.74) is 1.77. The fourth-order valence-electron chi connectivity index (χ4n) is 2.40. The van der Waals surface area contributed by atoms with E-state index in [4.69, 9.17) is 28.3 Å². The molecule has 0 saturated heterocycles. The zero-order valence-electron chi connectivity index (χ0n) is 10.9. The highest BCUT2D eigenvalue weighted by molar-refractivity contribution is 6.35. The molecule has 0 radical (unpaired) electrons. The summed E-state index contributed by atoms with van der Waals surface area (Å²) < 4.78 is 1.96. The van der Waals surface area contributed by atoms with Crippen LogP contribution < -0.4 is 0 Å². The summed E-state index contributed by atoms with van der Waals surface area (Å²) in [6.07, 6.45) is 1.92. The summed E-state index contributed by atoms with van der Waals surface area (Å²) in [4.78, 5) is 11.1. The second-order valence-electron chi connectivity index (χ2n) is 4.71. The second kappa shape index (κ2) is 5.43. The van der Waals surface area contributed by atoms with E-state index in [1.807, 2.05) is 41.1 Å². The molecule has 0 spiro atoms. The number of carboxylic acids is 1. The highest BCUT2D eigenvalue weighted by atomic mass is 35.5. The molecule has 5 heteroatoms. The van der Waals surface area contributed by atoms with E-state index in [-0.39, 0.29) is 10.6 Å². The van der Waals surface area contributed by atoms with Crippen molar-refractivity contribution in [1.82, 2.24) is 4.57 Å². The Kier molecular flexibility index (Phi) is 3.62. The molecule has 0 aliphatic carbocycles. The van der Waals surface area contributed by atoms with Crippen molar-refractivity contribution in [2.75, 3.05) is 0 Å². The fraction of sp³-hybridized carbons (Fsp3) is 0.0625. The van der Waals surface area contributed by atoms with Crippen molar-refractivity contribution in [2.45, 2.75) is 6.54 Å². The van der Waals surface area contributed by atoms with Crippen LogP contribution in [0.1, 0.15) is 15.9 Å². The average Bonchev–Trinajstić information content (AvgIpc) is 2.85. The van der Waals surface area contributed by atoms with E-state index in [1.54, 1.807) is 6.07 Å². The van der Waals surface area contributed by atoms with E-state index in [2.05, 4.69) is 0 Å². The van der Waals surface area contributed by atoms with Gasteiger partial charge in [0.05, 0.1) is 21.1 Å². The van der Waals surface area contributed by atoms with E-state index in [1.165, 1.54) is 6.07 Å². The number of carboxylic acid groups (broad SMARTS) is 1. The number of rotatable bonds is 3. The Hall–Kier alpha value is -1.97. The largest absolute Gasteiger partial charge is 0.478 e. The Morgan fingerprint density at radius 1 is 1.10 bits per heavy atom. The summed E-state index contributed by atoms with van der Waals surface area (Å²) in [7, 11) is 0. The van der Waals surface area contributed by atoms with Crippen molar-refractivity contribution in [3.8, 4) is 0 Å². The number of fused-ring (bicyclic) bond motifs is 1. The van der Waals surface area contributed by atoms with Crippen LogP contribution in [0.15, 0.2) is 48.7 Å². The SMILES string of the molecule is O=C(O)c1cccc(Cn2ccc3cccc(Cl)c32)c1Cl. The zero-order valence-corrected chi connectivity index (χ0v) is 12.4. The van der Waals surface area contributed by atoms with Gasteiger partial charge in [-0.05, 0) is 23.8 Å². The van der Waals surface area contributed by atoms with Gasteiger partial charge in [-0.3, -0.25) is 0 Å². The summed E-state index contributed by atoms with van der Waals surface area (Å²) >= 11 is 12.4. The topological polar surface area (TPSA) is 42.2 Å². The molecule has 3 rings (SSSR count). The second-order valence-corrected chi connectivity index (χ2v) is 5.49. The van der Waals surface area contributed by atoms with Gasteiger partial charge in [0, 0.05) is 18.1 Å². The fourth-order valence-corrected chi connectivity index (χ4v) is 2.95. The molecular formula is C16H11Cl2NO2. The normalized spacial score (nSPS) is 11.0. The van der Waals surface area contributed by atoms with Gasteiger partial charge in [0.1, 0.15) is 0 Å². The maximum Gasteiger partial charge on any atom is 0.337 e. The predicted octanol–water partition coefficient (Wildman–Crippen LogP) is 4.69. The average molecular weight is 320 g/mol. The minimum atomic E-state index is -1.03. The number of halogens is 2. The lowest BCUT2D eigenvalue weighted by Crippen LogP contribution is -2.03. The van der Waals surface area contributed by atoms with Crippen molar-refractivity contribution in [3.63, 3.8) is 0 Å². The van der Waals surface area contributed by atoms with Gasteiger partial charge >= 0.3 is 5.97 Å². The van der Waals surface area contributed by atoms with Gasteiger partial charge in [-0.2, -0.15) is 0 Å². The van der Waals surface area contributed by atoms with Crippen LogP contribution in [0.25, 0.3) is 10.9 Å². The molecule has 0 saturated carbocycles. The summed E-state index contributed by atoms with van der Waals surface area (Å²) in [5, 5.41) is 11.1. The molecular weight excluding hydrogens is 309 g/mol. The number of benzene rings is 2. The molecule has 1 N–H and O–H groups in total. The number of hydrogen-bond acceptors (Lipinski definition) is 1. The molecule has 106 valence electrons. The maximum absolute atomic E-state index is 11.1. The van der Waals surface area contributed by atoms with Crippen molar-refractivity contribution >= 4 is 40.1 Å². The van der Waals surface area contributed by atoms with Crippen molar-refractivity contribution in [1.29, 1.82) is 0 Å². The Morgan fingerprint density at radius 2 is 1.86 bits per heavy atom. The molecule has 0 bridgehead atoms. The first-order chi connectivity index (χ1) is 10.1. The lowest BCUT2D eigenvalue weighted by atomic mass is 10.1. The van der Waals surface area contributed by atoms with Gasteiger partial charge in [0.15, 0.2) is 0 Å². The molecule has 0 aliphatic heterocycles. The van der Waals surface area contributed by atoms with Gasteiger partial charge in [-0.1, -0.05) is 47.5 Å². The van der Waals surface area contributed by atoms with E-state index in [0.29, 0.717) is 11.6 Å². The number of aromatic carboxylic acids is 1. The summed E-state index contributed by atoms with van der Waals surface area (Å²) in [5.74, 6) is -1.03. The van der Waals surface area contributed by atoms with Crippen LogP contribution >= 0.6 is 23.2 Å². The number of carbonyl (C=O) groups is 1. The van der Waals surface area contributed by atoms with Crippen LogP contribution in [0.5, 0.6) is 0 Å². The smallest absolute Gasteiger partial charge is 0.337 e. The van der Waals surface area contributed by atoms with Crippen molar-refractivity contribution in [2.24, 2.45) is 0 Å². The van der Waals surface area contributed by atoms with Gasteiger partial charge < -0.3 is 9.67 Å². The highest BCUT2D eigenvalue weighted by Gasteiger charge is 2.13. The minimum Gasteiger partial charge on any atom is -0.478 e. The standard InChI is InChI=1S/C16H11Cl2NO2/c17-13-6-2-3-10-7-8-19(15(10)13)9-11-4-1-5-12(14(11)18)16(20)21/h1-8H,9H2,(H,20,21). The lowest BCUT2D eigenvalue weighted by molar-refractivity contribution is 0.0697. The molecule has 3 aromatic rings. The minimum absolute atomic E-state index is 0.108. The lowest BCUT2D eigenvalue weighted by Gasteiger charge is -2.10. The molecule has 0 amide bonds. The number of hydrogen-bond donors (Lipinski definition) is 1. The van der Waals surface area contributed by atoms with Crippen LogP contribution in [0.3, 0.4) is 0 Å². The van der Waals surface area contributed by atoms with Crippen LogP contribution in [-0.2, 0) is 6.54 Å². The van der Waals surface area contributed by atoms with Crippen LogP contribution in [-0.4, -0.2) is 15.6 Å². The van der Waals surface area contributed by atoms with Crippen molar-refractivity contribution < 1.29 is 9.90 Å². The maximum atomic E-state index is 11.1. The molecule has 1 heterocycles. The van der Waals surface area contributed by atoms with Crippen molar-refractivity contribution in [3.05, 3.63) is 69.8 Å². The summed E-state index contributed by atoms with van der Waals surface area (Å²) in [6.45, 7) is 0.465. The quantitative estimate of drug-likeness (QED) is 0.760. The number of nitrogens with zero attached hydrogens (tertiary/aromatic N) is 1. The van der Waals surface area contributed by atoms with E-state index < -0.39 is 5.97 Å². The van der Waals surface area contributed by atoms with E-state index in [9.17, 15) is 4.79 Å². The molecule has 0 fully saturated rings. The molecule has 2 aromatic carbocycles. The third-order valence-electron chi connectivity index (χ3n) is 3.39. The zero-order chi connectivity index (χ0) is 15.0. The molecule has 0 atom stereocenters. The molecule has 1 aromatic heterocycles. The molecule has 0 aliphatic rings. The molecule has 3 nitrogen and oxygen atoms in total. The Labute approximate surface area is 131 Å². The Morgan fingerprint density at radius 3 is 2.62 bits per heavy atom. The van der Waals surface area contributed by atoms with Gasteiger partial charge in [0.25, 0.3) is 0 Å². The first-order valence-electron chi connectivity index (χ1n) is 6.32. The first kappa shape index (κ1) is 14.0. The van der Waals surface area contributed by atoms with E-state index in [0.717, 1.165) is 16.5 Å². The highest BCUT2D eigenvalue weighted by Crippen LogP contribution is 2.27. The third kappa shape index (κ3) is 2.50. The summed E-state index contributed by atoms with van der Waals surface area (Å²) in [6, 6.07) is 12.7. The van der Waals surface area contributed by atoms with Gasteiger partial charge in [0.2, 0.25) is 0 Å². The first-order valence-corrected chi connectivity index (χ1v) is 7.07. The Balaban J connectivity index is 2.07. The third-order valence-corrected chi connectivity index (χ3v) is 4.14. The Bertz CT molecular complexity index is 839. The number of aromatic nitrogens is 1. The molecule has 21 heavy (non-hydrogen) atoms. The van der Waals surface area contributed by atoms with Gasteiger partial charge in [-0.15, -0.1) is 0 Å². The number of para-hydroxylation sites is 1. The monoisotopic (exact) mass is 319 g/mol. The molecule has 0 unspecified atom stereocenters. The van der Waals surface area contributed by atoms with E-state index >= 15 is 0 Å². The van der Waals surface area contributed by atoms with Crippen LogP contribution in [0.2, 0.25) is 10.0 Å². The van der Waals surface area contributed by atoms with Gasteiger partial charge in [-0.25, -0.2) is 4.79 Å². The van der Waals surface area contributed by atoms with Crippen LogP contribution in [0.4, 0.5) is 0 Å². The van der Waals surface area contributed by atoms with Crippen LogP contribution in [0, 0.1) is 0 Å².